The molecular formula is C18H13F3IN3. The Bertz CT molecular complexity index is 930. The van der Waals surface area contributed by atoms with E-state index in [0.29, 0.717) is 18.7 Å². The van der Waals surface area contributed by atoms with Crippen LogP contribution >= 0.6 is 22.6 Å². The van der Waals surface area contributed by atoms with Crippen LogP contribution in [0.3, 0.4) is 0 Å². The van der Waals surface area contributed by atoms with Crippen molar-refractivity contribution >= 4 is 28.4 Å². The highest BCUT2D eigenvalue weighted by Gasteiger charge is 2.35. The largest absolute Gasteiger partial charge is 0.417 e. The van der Waals surface area contributed by atoms with Gasteiger partial charge >= 0.3 is 6.18 Å². The minimum absolute atomic E-state index is 0.124. The first kappa shape index (κ1) is 16.4. The van der Waals surface area contributed by atoms with Crippen molar-refractivity contribution in [1.82, 2.24) is 9.78 Å². The lowest BCUT2D eigenvalue weighted by molar-refractivity contribution is -0.137. The molecule has 4 rings (SSSR count). The molecule has 0 unspecified atom stereocenters. The van der Waals surface area contributed by atoms with Crippen molar-refractivity contribution in [3.8, 4) is 16.9 Å². The maximum atomic E-state index is 13.4. The summed E-state index contributed by atoms with van der Waals surface area (Å²) < 4.78 is 43.0. The quantitative estimate of drug-likeness (QED) is 0.544. The molecule has 0 aliphatic carbocycles. The van der Waals surface area contributed by atoms with Crippen molar-refractivity contribution in [2.45, 2.75) is 12.6 Å². The van der Waals surface area contributed by atoms with E-state index in [4.69, 9.17) is 0 Å². The Kier molecular flexibility index (Phi) is 3.98. The van der Waals surface area contributed by atoms with Crippen LogP contribution in [-0.4, -0.2) is 16.3 Å². The van der Waals surface area contributed by atoms with Crippen molar-refractivity contribution in [3.63, 3.8) is 0 Å². The third-order valence-electron chi connectivity index (χ3n) is 4.21. The number of rotatable bonds is 2. The summed E-state index contributed by atoms with van der Waals surface area (Å²) in [6, 6.07) is 13.3. The lowest BCUT2D eigenvalue weighted by atomic mass is 10.0. The topological polar surface area (TPSA) is 29.9 Å². The van der Waals surface area contributed by atoms with Crippen LogP contribution in [0.1, 0.15) is 11.1 Å². The van der Waals surface area contributed by atoms with Crippen molar-refractivity contribution in [3.05, 3.63) is 63.2 Å². The maximum absolute atomic E-state index is 13.4. The number of nitrogens with zero attached hydrogens (tertiary/aromatic N) is 2. The second kappa shape index (κ2) is 6.05. The molecule has 3 nitrogen and oxygen atoms in total. The minimum atomic E-state index is -4.41. The molecule has 0 radical (unpaired) electrons. The Morgan fingerprint density at radius 3 is 2.48 bits per heavy atom. The van der Waals surface area contributed by atoms with Gasteiger partial charge in [0, 0.05) is 21.2 Å². The number of alkyl halides is 3. The molecule has 25 heavy (non-hydrogen) atoms. The molecule has 1 N–H and O–H groups in total. The van der Waals surface area contributed by atoms with Gasteiger partial charge in [0.15, 0.2) is 0 Å². The molecule has 0 fully saturated rings. The number of hydrogen-bond donors (Lipinski definition) is 1. The molecule has 3 aromatic rings. The Hall–Kier alpha value is -2.03. The lowest BCUT2D eigenvalue weighted by Gasteiger charge is -2.11. The summed E-state index contributed by atoms with van der Waals surface area (Å²) in [7, 11) is 0. The first-order valence-corrected chi connectivity index (χ1v) is 8.81. The van der Waals surface area contributed by atoms with Crippen LogP contribution in [0.25, 0.3) is 16.9 Å². The molecule has 0 atom stereocenters. The summed E-state index contributed by atoms with van der Waals surface area (Å²) in [5.41, 5.74) is 1.51. The molecule has 1 aliphatic heterocycles. The van der Waals surface area contributed by atoms with Crippen LogP contribution in [0, 0.1) is 3.57 Å². The maximum Gasteiger partial charge on any atom is 0.417 e. The van der Waals surface area contributed by atoms with Gasteiger partial charge in [-0.05, 0) is 59.3 Å². The highest BCUT2D eigenvalue weighted by atomic mass is 127. The molecule has 0 amide bonds. The Morgan fingerprint density at radius 1 is 1.04 bits per heavy atom. The third kappa shape index (κ3) is 2.90. The van der Waals surface area contributed by atoms with Gasteiger partial charge < -0.3 is 5.32 Å². The Morgan fingerprint density at radius 2 is 1.76 bits per heavy atom. The van der Waals surface area contributed by atoms with E-state index in [1.54, 1.807) is 10.7 Å². The van der Waals surface area contributed by atoms with Crippen LogP contribution in [0.5, 0.6) is 0 Å². The average Bonchev–Trinajstić information content (AvgIpc) is 3.17. The van der Waals surface area contributed by atoms with E-state index >= 15 is 0 Å². The van der Waals surface area contributed by atoms with E-state index in [0.717, 1.165) is 26.7 Å². The van der Waals surface area contributed by atoms with E-state index in [2.05, 4.69) is 33.0 Å². The number of aromatic nitrogens is 2. The van der Waals surface area contributed by atoms with Crippen molar-refractivity contribution in [2.75, 3.05) is 11.9 Å². The molecule has 0 bridgehead atoms. The van der Waals surface area contributed by atoms with Gasteiger partial charge in [-0.2, -0.15) is 18.3 Å². The van der Waals surface area contributed by atoms with Gasteiger partial charge in [-0.15, -0.1) is 0 Å². The fourth-order valence-electron chi connectivity index (χ4n) is 3.10. The van der Waals surface area contributed by atoms with Crippen LogP contribution in [0.2, 0.25) is 0 Å². The standard InChI is InChI=1S/C18H13F3IN3/c19-18(20,21)15-4-2-1-3-13(15)16-14-9-10-23-17(14)25(24-16)12-7-5-11(22)6-8-12/h1-8,23H,9-10H2. The smallest absolute Gasteiger partial charge is 0.369 e. The zero-order chi connectivity index (χ0) is 17.6. The van der Waals surface area contributed by atoms with Gasteiger partial charge in [0.05, 0.1) is 16.9 Å². The Labute approximate surface area is 156 Å². The van der Waals surface area contributed by atoms with Gasteiger partial charge in [0.2, 0.25) is 0 Å². The van der Waals surface area contributed by atoms with Gasteiger partial charge in [-0.3, -0.25) is 0 Å². The van der Waals surface area contributed by atoms with Crippen molar-refractivity contribution in [1.29, 1.82) is 0 Å². The first-order valence-electron chi connectivity index (χ1n) is 7.73. The van der Waals surface area contributed by atoms with Gasteiger partial charge in [-0.25, -0.2) is 4.68 Å². The molecular weight excluding hydrogens is 442 g/mol. The van der Waals surface area contributed by atoms with Gasteiger partial charge in [0.1, 0.15) is 5.82 Å². The van der Waals surface area contributed by atoms with E-state index in [-0.39, 0.29) is 5.56 Å². The number of anilines is 1. The van der Waals surface area contributed by atoms with Crippen LogP contribution < -0.4 is 5.32 Å². The molecule has 128 valence electrons. The van der Waals surface area contributed by atoms with Gasteiger partial charge in [-0.1, -0.05) is 18.2 Å². The predicted molar refractivity (Wildman–Crippen MR) is 98.9 cm³/mol. The van der Waals surface area contributed by atoms with Crippen LogP contribution in [0.4, 0.5) is 19.0 Å². The number of halogens is 4. The normalized spacial score (nSPS) is 13.6. The average molecular weight is 455 g/mol. The molecule has 0 saturated heterocycles. The van der Waals surface area contributed by atoms with Crippen molar-refractivity contribution < 1.29 is 13.2 Å². The number of hydrogen-bond acceptors (Lipinski definition) is 2. The van der Waals surface area contributed by atoms with Crippen molar-refractivity contribution in [2.24, 2.45) is 0 Å². The van der Waals surface area contributed by atoms with E-state index < -0.39 is 11.7 Å². The molecule has 7 heteroatoms. The molecule has 0 spiro atoms. The summed E-state index contributed by atoms with van der Waals surface area (Å²) in [4.78, 5) is 0. The molecule has 2 aromatic carbocycles. The summed E-state index contributed by atoms with van der Waals surface area (Å²) in [5, 5.41) is 7.78. The van der Waals surface area contributed by atoms with E-state index in [9.17, 15) is 13.2 Å². The number of nitrogens with one attached hydrogen (secondary N) is 1. The van der Waals surface area contributed by atoms with E-state index in [1.807, 2.05) is 24.3 Å². The third-order valence-corrected chi connectivity index (χ3v) is 4.93. The number of fused-ring (bicyclic) bond motifs is 1. The monoisotopic (exact) mass is 455 g/mol. The zero-order valence-electron chi connectivity index (χ0n) is 12.9. The molecule has 1 aromatic heterocycles. The van der Waals surface area contributed by atoms with Crippen LogP contribution in [0.15, 0.2) is 48.5 Å². The highest BCUT2D eigenvalue weighted by molar-refractivity contribution is 14.1. The molecule has 2 heterocycles. The van der Waals surface area contributed by atoms with Gasteiger partial charge in [0.25, 0.3) is 0 Å². The summed E-state index contributed by atoms with van der Waals surface area (Å²) in [5.74, 6) is 0.771. The summed E-state index contributed by atoms with van der Waals surface area (Å²) in [6.45, 7) is 0.693. The Balaban J connectivity index is 1.91. The second-order valence-corrected chi connectivity index (χ2v) is 7.03. The molecule has 1 aliphatic rings. The fourth-order valence-corrected chi connectivity index (χ4v) is 3.46. The zero-order valence-corrected chi connectivity index (χ0v) is 15.1. The highest BCUT2D eigenvalue weighted by Crippen LogP contribution is 2.41. The molecule has 0 saturated carbocycles. The lowest BCUT2D eigenvalue weighted by Crippen LogP contribution is -2.08. The predicted octanol–water partition coefficient (Wildman–Crippen LogP) is 5.13. The summed E-state index contributed by atoms with van der Waals surface area (Å²) >= 11 is 2.21. The minimum Gasteiger partial charge on any atom is -0.369 e. The van der Waals surface area contributed by atoms with Crippen LogP contribution in [-0.2, 0) is 12.6 Å². The number of benzene rings is 2. The van der Waals surface area contributed by atoms with E-state index in [1.165, 1.54) is 12.1 Å². The second-order valence-electron chi connectivity index (χ2n) is 5.78. The SMILES string of the molecule is FC(F)(F)c1ccccc1-c1nn(-c2ccc(I)cc2)c2c1CCN2. The summed E-state index contributed by atoms with van der Waals surface area (Å²) in [6.07, 6.45) is -3.76. The first-order chi connectivity index (χ1) is 11.9. The fraction of sp³-hybridized carbons (Fsp3) is 0.167.